The first-order valence-corrected chi connectivity index (χ1v) is 2.84. The zero-order chi connectivity index (χ0) is 6.97. The molecule has 1 heterocycles. The molecule has 10 heavy (non-hydrogen) atoms. The lowest BCUT2D eigenvalue weighted by Crippen LogP contribution is -1.94. The van der Waals surface area contributed by atoms with E-state index in [1.54, 1.807) is 6.07 Å². The number of benzene rings is 1. The first-order valence-electron chi connectivity index (χ1n) is 2.84. The van der Waals surface area contributed by atoms with E-state index in [1.807, 2.05) is 0 Å². The molecule has 3 heteroatoms. The monoisotopic (exact) mass is 136 g/mol. The van der Waals surface area contributed by atoms with Crippen LogP contribution in [0.4, 0.5) is 0 Å². The van der Waals surface area contributed by atoms with Crippen molar-refractivity contribution in [3.63, 3.8) is 0 Å². The molecule has 0 radical (unpaired) electrons. The Kier molecular flexibility index (Phi) is 0.917. The molecule has 1 aliphatic carbocycles. The second kappa shape index (κ2) is 1.73. The second-order valence-corrected chi connectivity index (χ2v) is 2.00. The molecule has 0 fully saturated rings. The van der Waals surface area contributed by atoms with Crippen LogP contribution >= 0.6 is 0 Å². The van der Waals surface area contributed by atoms with Gasteiger partial charge in [-0.3, -0.25) is 13.9 Å². The summed E-state index contributed by atoms with van der Waals surface area (Å²) in [6.45, 7) is 0. The van der Waals surface area contributed by atoms with Crippen LogP contribution in [0.15, 0.2) is 38.4 Å². The summed E-state index contributed by atoms with van der Waals surface area (Å²) >= 11 is 0. The van der Waals surface area contributed by atoms with Gasteiger partial charge in [0.2, 0.25) is 0 Å². The van der Waals surface area contributed by atoms with Gasteiger partial charge in [-0.1, -0.05) is 0 Å². The van der Waals surface area contributed by atoms with E-state index >= 15 is 0 Å². The fourth-order valence-electron chi connectivity index (χ4n) is 0.812. The molecule has 0 spiro atoms. The molecule has 2 aliphatic rings. The molecular weight excluding hydrogens is 132 g/mol. The van der Waals surface area contributed by atoms with E-state index in [0.717, 1.165) is 5.56 Å². The molecule has 0 atom stereocenters. The molecule has 0 aromatic carbocycles. The van der Waals surface area contributed by atoms with E-state index in [9.17, 15) is 4.79 Å². The van der Waals surface area contributed by atoms with Gasteiger partial charge in [-0.25, -0.2) is 0 Å². The molecule has 0 amide bonds. The molecule has 0 aromatic rings. The molecule has 0 saturated heterocycles. The average Bonchev–Trinajstić information content (AvgIpc) is 2.33. The zero-order valence-electron chi connectivity index (χ0n) is 5.03. The quantitative estimate of drug-likeness (QED) is 0.513. The summed E-state index contributed by atoms with van der Waals surface area (Å²) < 4.78 is 9.13. The van der Waals surface area contributed by atoms with Crippen molar-refractivity contribution in [3.05, 3.63) is 34.7 Å². The number of rotatable bonds is 0. The minimum Gasteiger partial charge on any atom is -0.297 e. The first-order chi connectivity index (χ1) is 4.86. The van der Waals surface area contributed by atoms with Gasteiger partial charge in [-0.2, -0.15) is 0 Å². The largest absolute Gasteiger partial charge is 0.297 e. The third-order valence-electron chi connectivity index (χ3n) is 1.30. The fourth-order valence-corrected chi connectivity index (χ4v) is 0.812. The van der Waals surface area contributed by atoms with Crippen LogP contribution in [0.25, 0.3) is 11.3 Å². The van der Waals surface area contributed by atoms with Crippen molar-refractivity contribution in [2.75, 3.05) is 0 Å². The van der Waals surface area contributed by atoms with Gasteiger partial charge in [0, 0.05) is 6.07 Å². The van der Waals surface area contributed by atoms with Gasteiger partial charge in [-0.05, 0) is 12.1 Å². The Hall–Kier alpha value is -1.51. The lowest BCUT2D eigenvalue weighted by atomic mass is 10.2. The van der Waals surface area contributed by atoms with Crippen molar-refractivity contribution in [3.8, 4) is 11.3 Å². The Morgan fingerprint density at radius 2 is 2.20 bits per heavy atom. The summed E-state index contributed by atoms with van der Waals surface area (Å²) in [7, 11) is 0. The van der Waals surface area contributed by atoms with Crippen molar-refractivity contribution in [1.29, 1.82) is 0 Å². The van der Waals surface area contributed by atoms with Crippen molar-refractivity contribution in [2.24, 2.45) is 0 Å². The minimum atomic E-state index is -0.0716. The summed E-state index contributed by atoms with van der Waals surface area (Å²) in [5.41, 5.74) is 0.734. The highest BCUT2D eigenvalue weighted by Crippen LogP contribution is 2.18. The van der Waals surface area contributed by atoms with E-state index in [4.69, 9.17) is 0 Å². The topological polar surface area (TPSA) is 43.4 Å². The molecule has 0 aromatic heterocycles. The predicted molar refractivity (Wildman–Crippen MR) is 33.9 cm³/mol. The third-order valence-corrected chi connectivity index (χ3v) is 1.30. The molecule has 50 valence electrons. The van der Waals surface area contributed by atoms with Crippen LogP contribution in [-0.4, -0.2) is 0 Å². The van der Waals surface area contributed by atoms with Gasteiger partial charge in [-0.15, -0.1) is 0 Å². The molecular formula is C7H4O3. The third kappa shape index (κ3) is 0.639. The van der Waals surface area contributed by atoms with Crippen LogP contribution in [0.5, 0.6) is 0 Å². The normalized spacial score (nSPS) is 10.4. The lowest BCUT2D eigenvalue weighted by Gasteiger charge is -1.84. The molecule has 0 unspecified atom stereocenters. The maximum atomic E-state index is 10.7. The summed E-state index contributed by atoms with van der Waals surface area (Å²) in [5, 5.41) is 0. The van der Waals surface area contributed by atoms with E-state index in [2.05, 4.69) is 9.15 Å². The minimum absolute atomic E-state index is 0.0716. The predicted octanol–water partition coefficient (Wildman–Crippen LogP) is 1.34. The number of hydrogen-bond donors (Lipinski definition) is 0. The Labute approximate surface area is 56.2 Å². The highest BCUT2D eigenvalue weighted by atomic mass is 17.0. The summed E-state index contributed by atoms with van der Waals surface area (Å²) in [6, 6.07) is 4.51. The Morgan fingerprint density at radius 1 is 1.30 bits per heavy atom. The van der Waals surface area contributed by atoms with Crippen molar-refractivity contribution < 1.29 is 9.15 Å². The Balaban J connectivity index is 2.87. The van der Waals surface area contributed by atoms with Gasteiger partial charge < -0.3 is 0 Å². The maximum Gasteiger partial charge on any atom is 0.192 e. The first kappa shape index (κ1) is 5.29. The second-order valence-electron chi connectivity index (χ2n) is 2.00. The molecule has 1 aliphatic heterocycles. The average molecular weight is 136 g/mol. The summed E-state index contributed by atoms with van der Waals surface area (Å²) in [5.74, 6) is 0.493. The van der Waals surface area contributed by atoms with Gasteiger partial charge in [0.1, 0.15) is 0 Å². The van der Waals surface area contributed by atoms with Gasteiger partial charge >= 0.3 is 0 Å². The summed E-state index contributed by atoms with van der Waals surface area (Å²) in [6.07, 6.45) is 1.45. The van der Waals surface area contributed by atoms with Crippen LogP contribution in [-0.2, 0) is 0 Å². The van der Waals surface area contributed by atoms with Crippen LogP contribution < -0.4 is 5.43 Å². The molecule has 0 N–H and O–H groups in total. The van der Waals surface area contributed by atoms with Crippen molar-refractivity contribution in [1.82, 2.24) is 0 Å². The van der Waals surface area contributed by atoms with E-state index in [0.29, 0.717) is 5.76 Å². The SMILES string of the molecule is O=c1ccc2cooc-2c1. The summed E-state index contributed by atoms with van der Waals surface area (Å²) in [4.78, 5) is 10.7. The van der Waals surface area contributed by atoms with Gasteiger partial charge in [0.25, 0.3) is 0 Å². The molecule has 0 bridgehead atoms. The van der Waals surface area contributed by atoms with Crippen LogP contribution in [0.3, 0.4) is 0 Å². The van der Waals surface area contributed by atoms with E-state index < -0.39 is 0 Å². The van der Waals surface area contributed by atoms with Crippen LogP contribution in [0.2, 0.25) is 0 Å². The smallest absolute Gasteiger partial charge is 0.192 e. The maximum absolute atomic E-state index is 10.7. The van der Waals surface area contributed by atoms with Crippen LogP contribution in [0, 0.1) is 0 Å². The molecule has 3 nitrogen and oxygen atoms in total. The highest BCUT2D eigenvalue weighted by Gasteiger charge is 2.05. The molecule has 2 rings (SSSR count). The lowest BCUT2D eigenvalue weighted by molar-refractivity contribution is 0.0700. The van der Waals surface area contributed by atoms with E-state index in [-0.39, 0.29) is 5.43 Å². The molecule has 0 saturated carbocycles. The Bertz CT molecular complexity index is 357. The van der Waals surface area contributed by atoms with Crippen LogP contribution in [0.1, 0.15) is 0 Å². The van der Waals surface area contributed by atoms with Crippen molar-refractivity contribution in [2.45, 2.75) is 0 Å². The van der Waals surface area contributed by atoms with Gasteiger partial charge in [0.15, 0.2) is 17.5 Å². The van der Waals surface area contributed by atoms with Gasteiger partial charge in [0.05, 0.1) is 5.56 Å². The van der Waals surface area contributed by atoms with E-state index in [1.165, 1.54) is 18.4 Å². The zero-order valence-corrected chi connectivity index (χ0v) is 5.03. The number of hydrogen-bond acceptors (Lipinski definition) is 3. The van der Waals surface area contributed by atoms with Crippen molar-refractivity contribution >= 4 is 0 Å². The highest BCUT2D eigenvalue weighted by molar-refractivity contribution is 5.55. The number of fused-ring (bicyclic) bond motifs is 1. The standard InChI is InChI=1S/C7H4O3/c8-6-2-1-5-4-9-10-7(5)3-6/h1-4H. The fraction of sp³-hybridized carbons (Fsp3) is 0. The Morgan fingerprint density at radius 3 is 3.10 bits per heavy atom.